The van der Waals surface area contributed by atoms with E-state index < -0.39 is 6.04 Å². The van der Waals surface area contributed by atoms with Crippen molar-refractivity contribution in [1.82, 2.24) is 10.2 Å². The number of rotatable bonds is 6. The summed E-state index contributed by atoms with van der Waals surface area (Å²) in [4.78, 5) is 26.4. The van der Waals surface area contributed by atoms with Crippen molar-refractivity contribution in [3.63, 3.8) is 0 Å². The number of nitrogens with one attached hydrogen (secondary N) is 1. The third kappa shape index (κ3) is 4.83. The van der Waals surface area contributed by atoms with Crippen LogP contribution in [0.3, 0.4) is 0 Å². The Morgan fingerprint density at radius 1 is 1.04 bits per heavy atom. The average molecular weight is 345 g/mol. The van der Waals surface area contributed by atoms with Crippen molar-refractivity contribution in [2.24, 2.45) is 0 Å². The highest BCUT2D eigenvalue weighted by molar-refractivity contribution is 6.30. The molecule has 0 aliphatic carbocycles. The Hall–Kier alpha value is -2.33. The van der Waals surface area contributed by atoms with Crippen LogP contribution in [0, 0.1) is 0 Å². The quantitative estimate of drug-likeness (QED) is 0.875. The Morgan fingerprint density at radius 2 is 1.67 bits per heavy atom. The van der Waals surface area contributed by atoms with Crippen LogP contribution < -0.4 is 5.32 Å². The van der Waals surface area contributed by atoms with Gasteiger partial charge in [0.1, 0.15) is 6.04 Å². The van der Waals surface area contributed by atoms with E-state index >= 15 is 0 Å². The fourth-order valence-electron chi connectivity index (χ4n) is 2.45. The molecular weight excluding hydrogens is 324 g/mol. The zero-order valence-electron chi connectivity index (χ0n) is 13.8. The first-order valence-electron chi connectivity index (χ1n) is 7.80. The third-order valence-corrected chi connectivity index (χ3v) is 4.13. The smallest absolute Gasteiger partial charge is 0.242 e. The number of halogens is 1. The summed E-state index contributed by atoms with van der Waals surface area (Å²) in [5, 5.41) is 3.24. The van der Waals surface area contributed by atoms with Crippen LogP contribution in [-0.2, 0) is 22.6 Å². The summed E-state index contributed by atoms with van der Waals surface area (Å²) in [6, 6.07) is 16.2. The van der Waals surface area contributed by atoms with E-state index in [9.17, 15) is 9.59 Å². The van der Waals surface area contributed by atoms with Gasteiger partial charge in [0.2, 0.25) is 11.8 Å². The van der Waals surface area contributed by atoms with Gasteiger partial charge in [0.15, 0.2) is 0 Å². The maximum absolute atomic E-state index is 12.8. The molecule has 0 saturated heterocycles. The molecule has 1 atom stereocenters. The Morgan fingerprint density at radius 3 is 2.25 bits per heavy atom. The molecule has 24 heavy (non-hydrogen) atoms. The Balaban J connectivity index is 2.19. The summed E-state index contributed by atoms with van der Waals surface area (Å²) in [5.74, 6) is -0.280. The zero-order valence-corrected chi connectivity index (χ0v) is 14.6. The zero-order chi connectivity index (χ0) is 17.5. The van der Waals surface area contributed by atoms with Crippen LogP contribution in [0.5, 0.6) is 0 Å². The normalized spacial score (nSPS) is 11.6. The Bertz CT molecular complexity index is 686. The van der Waals surface area contributed by atoms with Crippen LogP contribution in [0.2, 0.25) is 5.02 Å². The first-order valence-corrected chi connectivity index (χ1v) is 8.18. The van der Waals surface area contributed by atoms with Gasteiger partial charge in [-0.15, -0.1) is 0 Å². The largest absolute Gasteiger partial charge is 0.357 e. The van der Waals surface area contributed by atoms with E-state index in [-0.39, 0.29) is 18.2 Å². The van der Waals surface area contributed by atoms with Crippen LogP contribution in [-0.4, -0.2) is 29.8 Å². The molecule has 5 heteroatoms. The minimum atomic E-state index is -0.554. The average Bonchev–Trinajstić information content (AvgIpc) is 2.60. The minimum absolute atomic E-state index is 0.0905. The molecule has 0 aliphatic rings. The van der Waals surface area contributed by atoms with Gasteiger partial charge in [-0.25, -0.2) is 0 Å². The van der Waals surface area contributed by atoms with Gasteiger partial charge in [-0.1, -0.05) is 54.1 Å². The maximum Gasteiger partial charge on any atom is 0.242 e. The van der Waals surface area contributed by atoms with E-state index in [2.05, 4.69) is 5.32 Å². The van der Waals surface area contributed by atoms with E-state index in [1.807, 2.05) is 42.5 Å². The molecule has 0 spiro atoms. The number of nitrogens with zero attached hydrogens (tertiary/aromatic N) is 1. The molecule has 2 aromatic rings. The molecule has 4 nitrogen and oxygen atoms in total. The lowest BCUT2D eigenvalue weighted by molar-refractivity contribution is -0.139. The fourth-order valence-corrected chi connectivity index (χ4v) is 2.58. The van der Waals surface area contributed by atoms with Crippen molar-refractivity contribution in [2.75, 3.05) is 7.05 Å². The van der Waals surface area contributed by atoms with Crippen molar-refractivity contribution in [1.29, 1.82) is 0 Å². The van der Waals surface area contributed by atoms with Crippen molar-refractivity contribution in [3.05, 3.63) is 70.7 Å². The first-order chi connectivity index (χ1) is 11.5. The second kappa shape index (κ2) is 8.50. The number of likely N-dealkylation sites (N-methyl/N-ethyl adjacent to an activating group) is 1. The van der Waals surface area contributed by atoms with Crippen LogP contribution in [0.25, 0.3) is 0 Å². The van der Waals surface area contributed by atoms with Crippen LogP contribution >= 0.6 is 11.6 Å². The molecule has 0 bridgehead atoms. The second-order valence-corrected chi connectivity index (χ2v) is 6.04. The molecule has 2 amide bonds. The molecule has 126 valence electrons. The highest BCUT2D eigenvalue weighted by atomic mass is 35.5. The summed E-state index contributed by atoms with van der Waals surface area (Å²) < 4.78 is 0. The Kier molecular flexibility index (Phi) is 6.38. The van der Waals surface area contributed by atoms with E-state index in [1.54, 1.807) is 31.0 Å². The van der Waals surface area contributed by atoms with E-state index in [0.29, 0.717) is 11.6 Å². The van der Waals surface area contributed by atoms with E-state index in [1.165, 1.54) is 0 Å². The van der Waals surface area contributed by atoms with Crippen LogP contribution in [0.1, 0.15) is 18.1 Å². The summed E-state index contributed by atoms with van der Waals surface area (Å²) in [6.45, 7) is 2.09. The molecule has 0 heterocycles. The van der Waals surface area contributed by atoms with E-state index in [4.69, 9.17) is 11.6 Å². The third-order valence-electron chi connectivity index (χ3n) is 3.88. The second-order valence-electron chi connectivity index (χ2n) is 5.60. The fraction of sp³-hybridized carbons (Fsp3) is 0.263. The lowest BCUT2D eigenvalue weighted by atomic mass is 10.1. The standard InChI is InChI=1S/C19H21ClN2O2/c1-14(19(24)21-2)22(13-16-8-10-17(20)11-9-16)18(23)12-15-6-4-3-5-7-15/h3-11,14H,12-13H2,1-2H3,(H,21,24)/t14-/m0/s1. The number of amides is 2. The summed E-state index contributed by atoms with van der Waals surface area (Å²) in [6.07, 6.45) is 0.260. The molecule has 2 rings (SSSR count). The van der Waals surface area contributed by atoms with Gasteiger partial charge in [0.25, 0.3) is 0 Å². The van der Waals surface area contributed by atoms with Crippen molar-refractivity contribution in [2.45, 2.75) is 25.9 Å². The van der Waals surface area contributed by atoms with Crippen molar-refractivity contribution in [3.8, 4) is 0 Å². The number of hydrogen-bond donors (Lipinski definition) is 1. The first kappa shape index (κ1) is 18.0. The maximum atomic E-state index is 12.8. The molecule has 0 aliphatic heterocycles. The van der Waals surface area contributed by atoms with Gasteiger partial charge >= 0.3 is 0 Å². The van der Waals surface area contributed by atoms with Gasteiger partial charge in [-0.2, -0.15) is 0 Å². The van der Waals surface area contributed by atoms with Gasteiger partial charge in [-0.3, -0.25) is 9.59 Å². The topological polar surface area (TPSA) is 49.4 Å². The molecule has 0 fully saturated rings. The molecule has 0 saturated carbocycles. The molecule has 2 aromatic carbocycles. The SMILES string of the molecule is CNC(=O)[C@H](C)N(Cc1ccc(Cl)cc1)C(=O)Cc1ccccc1. The molecule has 0 aromatic heterocycles. The number of hydrogen-bond acceptors (Lipinski definition) is 2. The summed E-state index contributed by atoms with van der Waals surface area (Å²) in [5.41, 5.74) is 1.85. The highest BCUT2D eigenvalue weighted by Crippen LogP contribution is 2.15. The highest BCUT2D eigenvalue weighted by Gasteiger charge is 2.25. The summed E-state index contributed by atoms with van der Waals surface area (Å²) in [7, 11) is 1.57. The Labute approximate surface area is 147 Å². The number of benzene rings is 2. The van der Waals surface area contributed by atoms with Crippen LogP contribution in [0.4, 0.5) is 0 Å². The van der Waals surface area contributed by atoms with Crippen LogP contribution in [0.15, 0.2) is 54.6 Å². The lowest BCUT2D eigenvalue weighted by Crippen LogP contribution is -2.47. The van der Waals surface area contributed by atoms with Gasteiger partial charge in [-0.05, 0) is 30.2 Å². The monoisotopic (exact) mass is 344 g/mol. The predicted octanol–water partition coefficient (Wildman–Crippen LogP) is 3.05. The molecule has 1 N–H and O–H groups in total. The lowest BCUT2D eigenvalue weighted by Gasteiger charge is -2.28. The van der Waals surface area contributed by atoms with Crippen molar-refractivity contribution < 1.29 is 9.59 Å². The number of carbonyl (C=O) groups is 2. The van der Waals surface area contributed by atoms with Crippen molar-refractivity contribution >= 4 is 23.4 Å². The molecule has 0 unspecified atom stereocenters. The molecular formula is C19H21ClN2O2. The molecule has 0 radical (unpaired) electrons. The predicted molar refractivity (Wildman–Crippen MR) is 95.7 cm³/mol. The minimum Gasteiger partial charge on any atom is -0.357 e. The van der Waals surface area contributed by atoms with Gasteiger partial charge < -0.3 is 10.2 Å². The number of carbonyl (C=O) groups excluding carboxylic acids is 2. The van der Waals surface area contributed by atoms with Gasteiger partial charge in [0, 0.05) is 18.6 Å². The van der Waals surface area contributed by atoms with Gasteiger partial charge in [0.05, 0.1) is 6.42 Å². The van der Waals surface area contributed by atoms with E-state index in [0.717, 1.165) is 11.1 Å². The summed E-state index contributed by atoms with van der Waals surface area (Å²) >= 11 is 5.91.